The third-order valence-corrected chi connectivity index (χ3v) is 3.22. The minimum Gasteiger partial charge on any atom is -0.384 e. The van der Waals surface area contributed by atoms with Crippen molar-refractivity contribution in [2.24, 2.45) is 0 Å². The third kappa shape index (κ3) is 3.66. The van der Waals surface area contributed by atoms with Crippen molar-refractivity contribution in [3.05, 3.63) is 66.9 Å². The average Bonchev–Trinajstić information content (AvgIpc) is 3.08. The van der Waals surface area contributed by atoms with E-state index < -0.39 is 0 Å². The maximum Gasteiger partial charge on any atom is 0.155 e. The fourth-order valence-corrected chi connectivity index (χ4v) is 2.12. The Hall–Kier alpha value is -2.69. The molecule has 21 heavy (non-hydrogen) atoms. The molecule has 0 spiro atoms. The first kappa shape index (κ1) is 13.3. The molecular weight excluding hydrogens is 262 g/mol. The Labute approximate surface area is 123 Å². The molecule has 0 amide bonds. The molecule has 1 N–H and O–H groups in total. The lowest BCUT2D eigenvalue weighted by atomic mass is 10.1. The second-order valence-corrected chi connectivity index (χ2v) is 4.76. The van der Waals surface area contributed by atoms with Gasteiger partial charge in [-0.25, -0.2) is 14.6 Å². The first-order chi connectivity index (χ1) is 10.4. The Balaban J connectivity index is 1.47. The molecule has 2 aromatic heterocycles. The van der Waals surface area contributed by atoms with E-state index in [9.17, 15) is 0 Å². The number of hydrogen-bond donors (Lipinski definition) is 1. The molecule has 0 aliphatic carbocycles. The molecule has 0 atom stereocenters. The molecule has 0 aliphatic heterocycles. The Kier molecular flexibility index (Phi) is 4.21. The van der Waals surface area contributed by atoms with Crippen molar-refractivity contribution in [3.63, 3.8) is 0 Å². The fourth-order valence-electron chi connectivity index (χ4n) is 2.12. The number of hydrogen-bond acceptors (Lipinski definition) is 4. The molecule has 5 nitrogen and oxygen atoms in total. The monoisotopic (exact) mass is 279 g/mol. The highest BCUT2D eigenvalue weighted by Gasteiger charge is 1.99. The molecule has 0 bridgehead atoms. The second-order valence-electron chi connectivity index (χ2n) is 4.76. The summed E-state index contributed by atoms with van der Waals surface area (Å²) in [6.45, 7) is 0.930. The van der Waals surface area contributed by atoms with Gasteiger partial charge in [-0.2, -0.15) is 5.10 Å². The summed E-state index contributed by atoms with van der Waals surface area (Å²) in [4.78, 5) is 8.26. The van der Waals surface area contributed by atoms with Gasteiger partial charge in [0.05, 0.1) is 11.9 Å². The molecule has 1 aromatic carbocycles. The minimum atomic E-state index is 0.766. The topological polar surface area (TPSA) is 55.6 Å². The van der Waals surface area contributed by atoms with E-state index in [2.05, 4.69) is 44.6 Å². The van der Waals surface area contributed by atoms with E-state index in [0.29, 0.717) is 0 Å². The Morgan fingerprint density at radius 1 is 1.05 bits per heavy atom. The van der Waals surface area contributed by atoms with Gasteiger partial charge >= 0.3 is 0 Å². The Morgan fingerprint density at radius 3 is 2.67 bits per heavy atom. The number of aryl methyl sites for hydroxylation is 1. The summed E-state index contributed by atoms with van der Waals surface area (Å²) in [6, 6.07) is 14.5. The van der Waals surface area contributed by atoms with E-state index in [1.807, 2.05) is 24.4 Å². The molecule has 3 rings (SSSR count). The molecule has 2 heterocycles. The molecule has 0 saturated heterocycles. The van der Waals surface area contributed by atoms with Crippen LogP contribution in [0, 0.1) is 0 Å². The average molecular weight is 279 g/mol. The number of rotatable bonds is 6. The fraction of sp³-hybridized carbons (Fsp3) is 0.188. The smallest absolute Gasteiger partial charge is 0.155 e. The Morgan fingerprint density at radius 2 is 1.95 bits per heavy atom. The number of benzene rings is 1. The lowest BCUT2D eigenvalue weighted by Crippen LogP contribution is -2.04. The molecule has 3 aromatic rings. The highest BCUT2D eigenvalue weighted by Crippen LogP contribution is 2.09. The maximum atomic E-state index is 4.36. The molecule has 5 heteroatoms. The van der Waals surface area contributed by atoms with Gasteiger partial charge in [0.1, 0.15) is 12.7 Å². The van der Waals surface area contributed by atoms with Crippen molar-refractivity contribution in [1.82, 2.24) is 19.7 Å². The minimum absolute atomic E-state index is 0.766. The van der Waals surface area contributed by atoms with E-state index in [-0.39, 0.29) is 0 Å². The van der Waals surface area contributed by atoms with Gasteiger partial charge < -0.3 is 5.32 Å². The summed E-state index contributed by atoms with van der Waals surface area (Å²) >= 11 is 0. The van der Waals surface area contributed by atoms with Crippen LogP contribution >= 0.6 is 0 Å². The molecule has 106 valence electrons. The molecule has 0 aliphatic rings. The van der Waals surface area contributed by atoms with Crippen LogP contribution in [0.1, 0.15) is 12.0 Å². The van der Waals surface area contributed by atoms with Crippen LogP contribution in [0.4, 0.5) is 5.69 Å². The van der Waals surface area contributed by atoms with Crippen LogP contribution in [-0.2, 0) is 6.42 Å². The largest absolute Gasteiger partial charge is 0.384 e. The van der Waals surface area contributed by atoms with Gasteiger partial charge in [0.25, 0.3) is 0 Å². The molecule has 0 fully saturated rings. The summed E-state index contributed by atoms with van der Waals surface area (Å²) in [5.74, 6) is 0.766. The summed E-state index contributed by atoms with van der Waals surface area (Å²) < 4.78 is 1.64. The summed E-state index contributed by atoms with van der Waals surface area (Å²) in [6.07, 6.45) is 7.12. The standard InChI is InChI=1S/C16H17N5/c1-2-5-14(6-3-1)7-4-10-18-15-8-9-16(19-11-15)21-13-17-12-20-21/h1-3,5-6,8-9,11-13,18H,4,7,10H2. The quantitative estimate of drug-likeness (QED) is 0.705. The normalized spacial score (nSPS) is 10.5. The zero-order valence-electron chi connectivity index (χ0n) is 11.7. The van der Waals surface area contributed by atoms with Crippen molar-refractivity contribution in [2.75, 3.05) is 11.9 Å². The number of anilines is 1. The molecule has 0 unspecified atom stereocenters. The SMILES string of the molecule is c1ccc(CCCNc2ccc(-n3cncn3)nc2)cc1. The van der Waals surface area contributed by atoms with Crippen molar-refractivity contribution in [3.8, 4) is 5.82 Å². The number of nitrogens with zero attached hydrogens (tertiary/aromatic N) is 4. The van der Waals surface area contributed by atoms with Crippen molar-refractivity contribution in [1.29, 1.82) is 0 Å². The predicted molar refractivity (Wildman–Crippen MR) is 82.4 cm³/mol. The lowest BCUT2D eigenvalue weighted by Gasteiger charge is -2.07. The zero-order chi connectivity index (χ0) is 14.3. The van der Waals surface area contributed by atoms with E-state index in [4.69, 9.17) is 0 Å². The number of pyridine rings is 1. The second kappa shape index (κ2) is 6.65. The summed E-state index contributed by atoms with van der Waals surface area (Å²) in [5, 5.41) is 7.43. The van der Waals surface area contributed by atoms with Crippen LogP contribution in [0.15, 0.2) is 61.3 Å². The van der Waals surface area contributed by atoms with Crippen LogP contribution in [0.3, 0.4) is 0 Å². The van der Waals surface area contributed by atoms with Gasteiger partial charge in [-0.15, -0.1) is 0 Å². The predicted octanol–water partition coefficient (Wildman–Crippen LogP) is 2.71. The Bertz CT molecular complexity index is 647. The number of aromatic nitrogens is 4. The van der Waals surface area contributed by atoms with E-state index in [1.54, 1.807) is 11.0 Å². The first-order valence-electron chi connectivity index (χ1n) is 7.01. The van der Waals surface area contributed by atoms with Crippen LogP contribution < -0.4 is 5.32 Å². The van der Waals surface area contributed by atoms with E-state index >= 15 is 0 Å². The molecule has 0 radical (unpaired) electrons. The molecule has 0 saturated carbocycles. The highest BCUT2D eigenvalue weighted by atomic mass is 15.3. The summed E-state index contributed by atoms with van der Waals surface area (Å²) in [5.41, 5.74) is 2.39. The van der Waals surface area contributed by atoms with Gasteiger partial charge in [-0.3, -0.25) is 0 Å². The molecular formula is C16H17N5. The van der Waals surface area contributed by atoms with Crippen LogP contribution in [-0.4, -0.2) is 26.3 Å². The first-order valence-corrected chi connectivity index (χ1v) is 7.01. The van der Waals surface area contributed by atoms with E-state index in [0.717, 1.165) is 30.9 Å². The van der Waals surface area contributed by atoms with Crippen molar-refractivity contribution in [2.45, 2.75) is 12.8 Å². The van der Waals surface area contributed by atoms with Crippen LogP contribution in [0.25, 0.3) is 5.82 Å². The van der Waals surface area contributed by atoms with Crippen LogP contribution in [0.2, 0.25) is 0 Å². The highest BCUT2D eigenvalue weighted by molar-refractivity contribution is 5.43. The zero-order valence-corrected chi connectivity index (χ0v) is 11.7. The van der Waals surface area contributed by atoms with Crippen molar-refractivity contribution < 1.29 is 0 Å². The van der Waals surface area contributed by atoms with Gasteiger partial charge in [-0.05, 0) is 30.5 Å². The number of nitrogens with one attached hydrogen (secondary N) is 1. The van der Waals surface area contributed by atoms with Gasteiger partial charge in [0.15, 0.2) is 5.82 Å². The van der Waals surface area contributed by atoms with Crippen molar-refractivity contribution >= 4 is 5.69 Å². The van der Waals surface area contributed by atoms with E-state index in [1.165, 1.54) is 11.9 Å². The lowest BCUT2D eigenvalue weighted by molar-refractivity contribution is 0.841. The third-order valence-electron chi connectivity index (χ3n) is 3.22. The maximum absolute atomic E-state index is 4.36. The van der Waals surface area contributed by atoms with Gasteiger partial charge in [-0.1, -0.05) is 30.3 Å². The van der Waals surface area contributed by atoms with Gasteiger partial charge in [0, 0.05) is 6.54 Å². The van der Waals surface area contributed by atoms with Gasteiger partial charge in [0.2, 0.25) is 0 Å². The van der Waals surface area contributed by atoms with Crippen LogP contribution in [0.5, 0.6) is 0 Å². The summed E-state index contributed by atoms with van der Waals surface area (Å²) in [7, 11) is 0.